The van der Waals surface area contributed by atoms with Gasteiger partial charge in [0.05, 0.1) is 18.3 Å². The lowest BCUT2D eigenvalue weighted by molar-refractivity contribution is -0.176. The van der Waals surface area contributed by atoms with Crippen LogP contribution in [0.5, 0.6) is 0 Å². The van der Waals surface area contributed by atoms with Gasteiger partial charge in [0.1, 0.15) is 5.82 Å². The van der Waals surface area contributed by atoms with Gasteiger partial charge in [-0.2, -0.15) is 13.2 Å². The Hall–Kier alpha value is -1.57. The minimum absolute atomic E-state index is 0.0772. The number of alkyl halides is 3. The molecule has 1 aliphatic heterocycles. The molecule has 100 valence electrons. The molecule has 1 atom stereocenters. The maximum absolute atomic E-state index is 12.7. The summed E-state index contributed by atoms with van der Waals surface area (Å²) in [5, 5.41) is 0. The maximum Gasteiger partial charge on any atom is 0.393 e. The number of hydrazine groups is 1. The molecular formula is C10H14F3N5. The van der Waals surface area contributed by atoms with E-state index < -0.39 is 12.1 Å². The number of anilines is 2. The van der Waals surface area contributed by atoms with E-state index >= 15 is 0 Å². The van der Waals surface area contributed by atoms with Crippen molar-refractivity contribution in [3.8, 4) is 0 Å². The molecule has 1 unspecified atom stereocenters. The molecule has 0 amide bonds. The van der Waals surface area contributed by atoms with Crippen LogP contribution in [0.1, 0.15) is 12.8 Å². The zero-order valence-electron chi connectivity index (χ0n) is 9.61. The maximum atomic E-state index is 12.7. The van der Waals surface area contributed by atoms with Crippen molar-refractivity contribution in [1.82, 2.24) is 9.97 Å². The van der Waals surface area contributed by atoms with Crippen LogP contribution in [0.2, 0.25) is 0 Å². The second-order valence-corrected chi connectivity index (χ2v) is 4.23. The van der Waals surface area contributed by atoms with Crippen LogP contribution in [0.15, 0.2) is 12.4 Å². The van der Waals surface area contributed by atoms with Gasteiger partial charge in [-0.25, -0.2) is 10.8 Å². The molecule has 1 aromatic rings. The molecule has 1 saturated heterocycles. The number of hydrogen-bond donors (Lipinski definition) is 2. The van der Waals surface area contributed by atoms with Gasteiger partial charge in [0.15, 0.2) is 5.82 Å². The average Bonchev–Trinajstić information content (AvgIpc) is 2.38. The molecule has 0 aromatic carbocycles. The molecule has 3 N–H and O–H groups in total. The highest BCUT2D eigenvalue weighted by Gasteiger charge is 2.42. The quantitative estimate of drug-likeness (QED) is 0.624. The summed E-state index contributed by atoms with van der Waals surface area (Å²) in [7, 11) is 0. The van der Waals surface area contributed by atoms with E-state index in [1.165, 1.54) is 12.4 Å². The topological polar surface area (TPSA) is 67.1 Å². The number of nitrogens with one attached hydrogen (secondary N) is 1. The van der Waals surface area contributed by atoms with Gasteiger partial charge in [-0.1, -0.05) is 0 Å². The molecule has 1 aliphatic rings. The molecule has 0 aliphatic carbocycles. The Balaban J connectivity index is 2.13. The summed E-state index contributed by atoms with van der Waals surface area (Å²) in [6.45, 7) is 0.474. The molecule has 0 bridgehead atoms. The second kappa shape index (κ2) is 4.97. The first-order valence-corrected chi connectivity index (χ1v) is 5.61. The summed E-state index contributed by atoms with van der Waals surface area (Å²) in [6, 6.07) is 0. The molecule has 2 heterocycles. The van der Waals surface area contributed by atoms with E-state index in [0.717, 1.165) is 0 Å². The lowest BCUT2D eigenvalue weighted by Crippen LogP contribution is -2.42. The highest BCUT2D eigenvalue weighted by Crippen LogP contribution is 2.34. The summed E-state index contributed by atoms with van der Waals surface area (Å²) < 4.78 is 38.0. The molecule has 2 rings (SSSR count). The standard InChI is InChI=1S/C10H14F3N5/c11-10(12,13)7-2-1-3-18(6-7)9-5-15-4-8(16-9)17-14/h4-5,7H,1-3,6,14H2,(H,16,17). The van der Waals surface area contributed by atoms with Crippen LogP contribution in [-0.2, 0) is 0 Å². The number of hydrogen-bond acceptors (Lipinski definition) is 5. The molecule has 18 heavy (non-hydrogen) atoms. The molecule has 1 aromatic heterocycles. The van der Waals surface area contributed by atoms with Crippen LogP contribution < -0.4 is 16.2 Å². The second-order valence-electron chi connectivity index (χ2n) is 4.23. The van der Waals surface area contributed by atoms with E-state index in [-0.39, 0.29) is 13.0 Å². The largest absolute Gasteiger partial charge is 0.393 e. The van der Waals surface area contributed by atoms with Crippen LogP contribution in [-0.4, -0.2) is 29.2 Å². The van der Waals surface area contributed by atoms with Crippen molar-refractivity contribution in [2.75, 3.05) is 23.4 Å². The Morgan fingerprint density at radius 2 is 2.17 bits per heavy atom. The summed E-state index contributed by atoms with van der Waals surface area (Å²) in [4.78, 5) is 9.57. The van der Waals surface area contributed by atoms with Crippen molar-refractivity contribution in [2.24, 2.45) is 11.8 Å². The summed E-state index contributed by atoms with van der Waals surface area (Å²) >= 11 is 0. The van der Waals surface area contributed by atoms with Gasteiger partial charge >= 0.3 is 6.18 Å². The Kier molecular flexibility index (Phi) is 3.55. The van der Waals surface area contributed by atoms with Gasteiger partial charge in [-0.3, -0.25) is 4.98 Å². The van der Waals surface area contributed by atoms with Gasteiger partial charge in [0.25, 0.3) is 0 Å². The van der Waals surface area contributed by atoms with E-state index in [2.05, 4.69) is 15.4 Å². The zero-order valence-corrected chi connectivity index (χ0v) is 9.61. The van der Waals surface area contributed by atoms with Gasteiger partial charge in [0, 0.05) is 13.1 Å². The van der Waals surface area contributed by atoms with Gasteiger partial charge in [0.2, 0.25) is 0 Å². The van der Waals surface area contributed by atoms with Crippen LogP contribution in [0.25, 0.3) is 0 Å². The van der Waals surface area contributed by atoms with E-state index in [1.807, 2.05) is 0 Å². The van der Waals surface area contributed by atoms with Crippen LogP contribution in [0.4, 0.5) is 24.8 Å². The van der Waals surface area contributed by atoms with Crippen LogP contribution in [0, 0.1) is 5.92 Å². The third-order valence-corrected chi connectivity index (χ3v) is 2.98. The zero-order chi connectivity index (χ0) is 13.2. The summed E-state index contributed by atoms with van der Waals surface area (Å²) in [5.74, 6) is 4.64. The molecule has 1 fully saturated rings. The Morgan fingerprint density at radius 3 is 2.83 bits per heavy atom. The summed E-state index contributed by atoms with van der Waals surface area (Å²) in [5.41, 5.74) is 2.33. The molecule has 8 heteroatoms. The number of nitrogen functional groups attached to an aromatic ring is 1. The number of halogens is 3. The van der Waals surface area contributed by atoms with Crippen molar-refractivity contribution in [1.29, 1.82) is 0 Å². The monoisotopic (exact) mass is 261 g/mol. The van der Waals surface area contributed by atoms with E-state index in [4.69, 9.17) is 5.84 Å². The Morgan fingerprint density at radius 1 is 1.39 bits per heavy atom. The fraction of sp³-hybridized carbons (Fsp3) is 0.600. The Labute approximate surface area is 102 Å². The fourth-order valence-corrected chi connectivity index (χ4v) is 2.03. The first-order valence-electron chi connectivity index (χ1n) is 5.61. The van der Waals surface area contributed by atoms with Crippen molar-refractivity contribution in [3.05, 3.63) is 12.4 Å². The van der Waals surface area contributed by atoms with Crippen molar-refractivity contribution < 1.29 is 13.2 Å². The number of rotatable bonds is 2. The molecular weight excluding hydrogens is 247 g/mol. The van der Waals surface area contributed by atoms with Gasteiger partial charge < -0.3 is 10.3 Å². The minimum Gasteiger partial charge on any atom is -0.355 e. The number of aromatic nitrogens is 2. The predicted octanol–water partition coefficient (Wildman–Crippen LogP) is 1.54. The first-order chi connectivity index (χ1) is 8.50. The lowest BCUT2D eigenvalue weighted by Gasteiger charge is -2.34. The Bertz CT molecular complexity index is 409. The van der Waals surface area contributed by atoms with Gasteiger partial charge in [-0.05, 0) is 12.8 Å². The highest BCUT2D eigenvalue weighted by atomic mass is 19.4. The third-order valence-electron chi connectivity index (χ3n) is 2.98. The number of piperidine rings is 1. The predicted molar refractivity (Wildman–Crippen MR) is 60.8 cm³/mol. The number of nitrogens with two attached hydrogens (primary N) is 1. The normalized spacial score (nSPS) is 20.9. The molecule has 0 radical (unpaired) electrons. The fourth-order valence-electron chi connectivity index (χ4n) is 2.03. The van der Waals surface area contributed by atoms with E-state index in [1.54, 1.807) is 4.90 Å². The molecule has 0 spiro atoms. The number of nitrogens with zero attached hydrogens (tertiary/aromatic N) is 3. The lowest BCUT2D eigenvalue weighted by atomic mass is 9.97. The smallest absolute Gasteiger partial charge is 0.355 e. The van der Waals surface area contributed by atoms with Crippen molar-refractivity contribution in [3.63, 3.8) is 0 Å². The third kappa shape index (κ3) is 2.81. The summed E-state index contributed by atoms with van der Waals surface area (Å²) in [6.07, 6.45) is -0.640. The van der Waals surface area contributed by atoms with E-state index in [0.29, 0.717) is 24.6 Å². The van der Waals surface area contributed by atoms with Gasteiger partial charge in [-0.15, -0.1) is 0 Å². The van der Waals surface area contributed by atoms with Crippen molar-refractivity contribution >= 4 is 11.6 Å². The van der Waals surface area contributed by atoms with Crippen molar-refractivity contribution in [2.45, 2.75) is 19.0 Å². The molecule has 5 nitrogen and oxygen atoms in total. The van der Waals surface area contributed by atoms with Crippen LogP contribution >= 0.6 is 0 Å². The minimum atomic E-state index is -4.16. The first kappa shape index (κ1) is 12.9. The molecule has 0 saturated carbocycles. The highest BCUT2D eigenvalue weighted by molar-refractivity contribution is 5.43. The van der Waals surface area contributed by atoms with Crippen LogP contribution in [0.3, 0.4) is 0 Å². The average molecular weight is 261 g/mol. The van der Waals surface area contributed by atoms with E-state index in [9.17, 15) is 13.2 Å². The SMILES string of the molecule is NNc1cncc(N2CCCC(C(F)(F)F)C2)n1.